The van der Waals surface area contributed by atoms with Crippen LogP contribution >= 0.6 is 0 Å². The third-order valence-electron chi connectivity index (χ3n) is 4.37. The molecule has 0 spiro atoms. The van der Waals surface area contributed by atoms with Gasteiger partial charge in [0.25, 0.3) is 5.91 Å². The van der Waals surface area contributed by atoms with Crippen LogP contribution in [0.4, 0.5) is 0 Å². The van der Waals surface area contributed by atoms with Crippen molar-refractivity contribution in [1.29, 1.82) is 0 Å². The van der Waals surface area contributed by atoms with Gasteiger partial charge in [0, 0.05) is 19.7 Å². The van der Waals surface area contributed by atoms with E-state index in [0.29, 0.717) is 5.71 Å². The summed E-state index contributed by atoms with van der Waals surface area (Å²) in [5.74, 6) is -0.476. The number of nitrogens with one attached hydrogen (secondary N) is 1. The molecule has 0 aliphatic carbocycles. The Hall–Kier alpha value is -3.03. The quantitative estimate of drug-likeness (QED) is 0.532. The van der Waals surface area contributed by atoms with Gasteiger partial charge >= 0.3 is 0 Å². The molecule has 3 aromatic rings. The Labute approximate surface area is 164 Å². The number of hydrogen-bond acceptors (Lipinski definition) is 4. The first kappa shape index (κ1) is 19.7. The molecule has 3 rings (SSSR count). The Kier molecular flexibility index (Phi) is 5.58. The first-order valence-corrected chi connectivity index (χ1v) is 10.1. The molecule has 0 saturated carbocycles. The zero-order valence-corrected chi connectivity index (χ0v) is 16.7. The van der Waals surface area contributed by atoms with Crippen molar-refractivity contribution in [3.63, 3.8) is 0 Å². The van der Waals surface area contributed by atoms with Gasteiger partial charge in [-0.1, -0.05) is 42.5 Å². The summed E-state index contributed by atoms with van der Waals surface area (Å²) in [5, 5.41) is 6.37. The molecule has 0 heterocycles. The first-order valence-electron chi connectivity index (χ1n) is 8.65. The Morgan fingerprint density at radius 3 is 2.32 bits per heavy atom. The van der Waals surface area contributed by atoms with E-state index in [4.69, 9.17) is 0 Å². The summed E-state index contributed by atoms with van der Waals surface area (Å²) in [5.41, 5.74) is 4.25. The van der Waals surface area contributed by atoms with E-state index in [-0.39, 0.29) is 10.5 Å². The van der Waals surface area contributed by atoms with Gasteiger partial charge in [0.15, 0.2) is 0 Å². The van der Waals surface area contributed by atoms with E-state index in [2.05, 4.69) is 10.5 Å². The Bertz CT molecular complexity index is 1170. The fourth-order valence-electron chi connectivity index (χ4n) is 2.69. The van der Waals surface area contributed by atoms with Gasteiger partial charge in [-0.2, -0.15) is 5.10 Å². The molecule has 0 aliphatic rings. The molecule has 28 heavy (non-hydrogen) atoms. The van der Waals surface area contributed by atoms with Gasteiger partial charge in [-0.3, -0.25) is 4.79 Å². The van der Waals surface area contributed by atoms with Crippen molar-refractivity contribution in [2.45, 2.75) is 11.8 Å². The van der Waals surface area contributed by atoms with Crippen molar-refractivity contribution >= 4 is 32.4 Å². The fraction of sp³-hybridized carbons (Fsp3) is 0.143. The standard InChI is InChI=1S/C21H21N3O3S/c1-15(17-12-11-16-7-4-5-8-18(16)13-17)22-23-21(25)19-9-6-10-20(14-19)28(26,27)24(2)3/h4-14H,1-3H3,(H,23,25). The molecule has 0 unspecified atom stereocenters. The van der Waals surface area contributed by atoms with Gasteiger partial charge in [-0.25, -0.2) is 18.1 Å². The summed E-state index contributed by atoms with van der Waals surface area (Å²) in [6.07, 6.45) is 0. The minimum atomic E-state index is -3.61. The zero-order valence-electron chi connectivity index (χ0n) is 15.9. The predicted octanol–water partition coefficient (Wildman–Crippen LogP) is 3.24. The highest BCUT2D eigenvalue weighted by molar-refractivity contribution is 7.89. The van der Waals surface area contributed by atoms with Gasteiger partial charge in [0.05, 0.1) is 10.6 Å². The van der Waals surface area contributed by atoms with Crippen molar-refractivity contribution < 1.29 is 13.2 Å². The predicted molar refractivity (Wildman–Crippen MR) is 111 cm³/mol. The van der Waals surface area contributed by atoms with Crippen LogP contribution < -0.4 is 5.43 Å². The highest BCUT2D eigenvalue weighted by Gasteiger charge is 2.18. The first-order chi connectivity index (χ1) is 13.3. The number of carbonyl (C=O) groups is 1. The second-order valence-electron chi connectivity index (χ2n) is 6.52. The molecule has 1 N–H and O–H groups in total. The number of amides is 1. The molecule has 0 aromatic heterocycles. The van der Waals surface area contributed by atoms with E-state index in [0.717, 1.165) is 20.6 Å². The number of rotatable bonds is 5. The van der Waals surface area contributed by atoms with Crippen molar-refractivity contribution in [2.75, 3.05) is 14.1 Å². The third kappa shape index (κ3) is 4.11. The average molecular weight is 395 g/mol. The fourth-order valence-corrected chi connectivity index (χ4v) is 3.63. The summed E-state index contributed by atoms with van der Waals surface area (Å²) < 4.78 is 25.6. The molecule has 7 heteroatoms. The van der Waals surface area contributed by atoms with Crippen LogP contribution in [0.25, 0.3) is 10.8 Å². The van der Waals surface area contributed by atoms with Crippen molar-refractivity contribution in [3.05, 3.63) is 77.9 Å². The minimum absolute atomic E-state index is 0.0559. The number of fused-ring (bicyclic) bond motifs is 1. The van der Waals surface area contributed by atoms with Gasteiger partial charge in [0.1, 0.15) is 0 Å². The van der Waals surface area contributed by atoms with Crippen LogP contribution in [-0.2, 0) is 10.0 Å². The summed E-state index contributed by atoms with van der Waals surface area (Å²) in [4.78, 5) is 12.5. The van der Waals surface area contributed by atoms with E-state index in [1.807, 2.05) is 42.5 Å². The lowest BCUT2D eigenvalue weighted by molar-refractivity contribution is 0.0954. The summed E-state index contributed by atoms with van der Waals surface area (Å²) in [6.45, 7) is 1.80. The van der Waals surface area contributed by atoms with E-state index < -0.39 is 15.9 Å². The van der Waals surface area contributed by atoms with E-state index >= 15 is 0 Å². The molecule has 0 aliphatic heterocycles. The van der Waals surface area contributed by atoms with Gasteiger partial charge in [-0.15, -0.1) is 0 Å². The smallest absolute Gasteiger partial charge is 0.267 e. The normalized spacial score (nSPS) is 12.4. The van der Waals surface area contributed by atoms with E-state index in [9.17, 15) is 13.2 Å². The Morgan fingerprint density at radius 1 is 0.893 bits per heavy atom. The maximum Gasteiger partial charge on any atom is 0.271 e. The Balaban J connectivity index is 1.80. The lowest BCUT2D eigenvalue weighted by atomic mass is 10.0. The van der Waals surface area contributed by atoms with E-state index in [1.54, 1.807) is 13.0 Å². The molecular formula is C21H21N3O3S. The highest BCUT2D eigenvalue weighted by atomic mass is 32.2. The van der Waals surface area contributed by atoms with E-state index in [1.165, 1.54) is 32.3 Å². The Morgan fingerprint density at radius 2 is 1.61 bits per heavy atom. The highest BCUT2D eigenvalue weighted by Crippen LogP contribution is 2.17. The average Bonchev–Trinajstić information content (AvgIpc) is 2.71. The maximum absolute atomic E-state index is 12.4. The lowest BCUT2D eigenvalue weighted by Crippen LogP contribution is -2.23. The summed E-state index contributed by atoms with van der Waals surface area (Å²) in [6, 6.07) is 19.8. The largest absolute Gasteiger partial charge is 0.271 e. The molecule has 0 atom stereocenters. The molecule has 0 bridgehead atoms. The molecule has 3 aromatic carbocycles. The van der Waals surface area contributed by atoms with Crippen molar-refractivity contribution in [1.82, 2.24) is 9.73 Å². The topological polar surface area (TPSA) is 78.8 Å². The van der Waals surface area contributed by atoms with Crippen molar-refractivity contribution in [2.24, 2.45) is 5.10 Å². The van der Waals surface area contributed by atoms with Crippen molar-refractivity contribution in [3.8, 4) is 0 Å². The second-order valence-corrected chi connectivity index (χ2v) is 8.67. The third-order valence-corrected chi connectivity index (χ3v) is 6.18. The molecule has 6 nitrogen and oxygen atoms in total. The van der Waals surface area contributed by atoms with Crippen LogP contribution in [0.5, 0.6) is 0 Å². The number of benzene rings is 3. The van der Waals surface area contributed by atoms with Gasteiger partial charge in [0.2, 0.25) is 10.0 Å². The van der Waals surface area contributed by atoms with Crippen LogP contribution in [0.3, 0.4) is 0 Å². The second kappa shape index (κ2) is 7.92. The molecule has 1 amide bonds. The van der Waals surface area contributed by atoms with Crippen LogP contribution in [0, 0.1) is 0 Å². The number of nitrogens with zero attached hydrogens (tertiary/aromatic N) is 2. The summed E-state index contributed by atoms with van der Waals surface area (Å²) in [7, 11) is -0.723. The lowest BCUT2D eigenvalue weighted by Gasteiger charge is -2.12. The molecule has 0 saturated heterocycles. The minimum Gasteiger partial charge on any atom is -0.267 e. The molecule has 144 valence electrons. The van der Waals surface area contributed by atoms with Gasteiger partial charge < -0.3 is 0 Å². The van der Waals surface area contributed by atoms with Crippen LogP contribution in [0.15, 0.2) is 76.7 Å². The monoisotopic (exact) mass is 395 g/mol. The zero-order chi connectivity index (χ0) is 20.3. The molecule has 0 fully saturated rings. The molecular weight excluding hydrogens is 374 g/mol. The SMILES string of the molecule is CC(=NNC(=O)c1cccc(S(=O)(=O)N(C)C)c1)c1ccc2ccccc2c1. The number of carbonyl (C=O) groups excluding carboxylic acids is 1. The number of sulfonamides is 1. The van der Waals surface area contributed by atoms with Crippen LogP contribution in [-0.4, -0.2) is 38.4 Å². The number of hydrazone groups is 1. The van der Waals surface area contributed by atoms with Crippen LogP contribution in [0.1, 0.15) is 22.8 Å². The van der Waals surface area contributed by atoms with Crippen LogP contribution in [0.2, 0.25) is 0 Å². The summed E-state index contributed by atoms with van der Waals surface area (Å²) >= 11 is 0. The maximum atomic E-state index is 12.4. The molecule has 0 radical (unpaired) electrons. The van der Waals surface area contributed by atoms with Gasteiger partial charge in [-0.05, 0) is 47.5 Å². The number of hydrogen-bond donors (Lipinski definition) is 1.